The van der Waals surface area contributed by atoms with Gasteiger partial charge in [-0.15, -0.1) is 10.2 Å². The Bertz CT molecular complexity index is 1700. The summed E-state index contributed by atoms with van der Waals surface area (Å²) in [5.74, 6) is -1.54. The lowest BCUT2D eigenvalue weighted by atomic mass is 9.85. The first-order valence-corrected chi connectivity index (χ1v) is 15.6. The highest BCUT2D eigenvalue weighted by molar-refractivity contribution is 5.82. The normalized spacial score (nSPS) is 28.0. The summed E-state index contributed by atoms with van der Waals surface area (Å²) in [6.45, 7) is 2.90. The number of aromatic nitrogens is 6. The molecule has 1 saturated heterocycles. The van der Waals surface area contributed by atoms with Gasteiger partial charge in [0, 0.05) is 17.2 Å². The average Bonchev–Trinajstić information content (AvgIpc) is 3.73. The molecule has 4 N–H and O–H groups in total. The lowest BCUT2D eigenvalue weighted by Gasteiger charge is -2.47. The maximum Gasteiger partial charge on any atom is 0.255 e. The number of hydrogen-bond acceptors (Lipinski definition) is 10. The van der Waals surface area contributed by atoms with Crippen molar-refractivity contribution < 1.29 is 38.7 Å². The van der Waals surface area contributed by atoms with Crippen LogP contribution in [0.3, 0.4) is 0 Å². The Hall–Kier alpha value is -4.15. The van der Waals surface area contributed by atoms with Crippen LogP contribution in [0.2, 0.25) is 0 Å². The quantitative estimate of drug-likeness (QED) is 0.220. The molecule has 6 rings (SSSR count). The molecular formula is C32H37F2N7O6. The second kappa shape index (κ2) is 13.5. The van der Waals surface area contributed by atoms with E-state index in [0.29, 0.717) is 36.1 Å². The minimum Gasteiger partial charge on any atom is -0.394 e. The summed E-state index contributed by atoms with van der Waals surface area (Å²) >= 11 is 0. The zero-order chi connectivity index (χ0) is 33.4. The molecule has 15 heteroatoms. The van der Waals surface area contributed by atoms with Crippen molar-refractivity contribution in [2.75, 3.05) is 6.61 Å². The van der Waals surface area contributed by atoms with Crippen molar-refractivity contribution in [3.63, 3.8) is 0 Å². The van der Waals surface area contributed by atoms with E-state index in [9.17, 15) is 34.0 Å². The number of carbonyl (C=O) groups is 1. The molecule has 47 heavy (non-hydrogen) atoms. The molecule has 13 nitrogen and oxygen atoms in total. The SMILES string of the molecule is CC(C)N(C(=O)[C@@H]1O[C@H](CO)[C@H](O)[C@H](n2cc(-c3cccc(F)c3)nn2)[C@H]1O)[C@@H]1CCC[C@H](n2cc(-c3cccc(F)c3)nn2)[C@H]1O. The van der Waals surface area contributed by atoms with Crippen molar-refractivity contribution in [1.82, 2.24) is 34.9 Å². The van der Waals surface area contributed by atoms with Gasteiger partial charge in [0.2, 0.25) is 0 Å². The summed E-state index contributed by atoms with van der Waals surface area (Å²) in [4.78, 5) is 15.7. The van der Waals surface area contributed by atoms with Crippen LogP contribution in [0.15, 0.2) is 60.9 Å². The molecule has 0 radical (unpaired) electrons. The number of amides is 1. The number of benzene rings is 2. The molecule has 1 aliphatic carbocycles. The zero-order valence-corrected chi connectivity index (χ0v) is 25.8. The number of halogens is 2. The van der Waals surface area contributed by atoms with Crippen LogP contribution in [-0.4, -0.2) is 110 Å². The highest BCUT2D eigenvalue weighted by Gasteiger charge is 2.51. The molecule has 0 unspecified atom stereocenters. The first kappa shape index (κ1) is 32.8. The smallest absolute Gasteiger partial charge is 0.255 e. The minimum atomic E-state index is -1.63. The third kappa shape index (κ3) is 6.41. The Kier molecular flexibility index (Phi) is 9.43. The van der Waals surface area contributed by atoms with Crippen LogP contribution in [0, 0.1) is 11.6 Å². The maximum absolute atomic E-state index is 14.3. The largest absolute Gasteiger partial charge is 0.394 e. The molecule has 2 aromatic heterocycles. The highest BCUT2D eigenvalue weighted by Crippen LogP contribution is 2.36. The molecule has 0 bridgehead atoms. The molecule has 2 aromatic carbocycles. The van der Waals surface area contributed by atoms with Gasteiger partial charge in [0.1, 0.15) is 47.4 Å². The van der Waals surface area contributed by atoms with E-state index in [1.165, 1.54) is 50.8 Å². The molecule has 0 spiro atoms. The first-order chi connectivity index (χ1) is 22.6. The molecule has 1 aliphatic heterocycles. The van der Waals surface area contributed by atoms with E-state index in [1.54, 1.807) is 38.2 Å². The summed E-state index contributed by atoms with van der Waals surface area (Å²) in [6.07, 6.45) is -2.31. The Morgan fingerprint density at radius 1 is 0.915 bits per heavy atom. The number of nitrogens with zero attached hydrogens (tertiary/aromatic N) is 7. The number of aliphatic hydroxyl groups excluding tert-OH is 4. The predicted molar refractivity (Wildman–Crippen MR) is 162 cm³/mol. The van der Waals surface area contributed by atoms with Gasteiger partial charge in [-0.1, -0.05) is 34.7 Å². The minimum absolute atomic E-state index is 0.271. The van der Waals surface area contributed by atoms with Crippen LogP contribution in [0.25, 0.3) is 22.5 Å². The first-order valence-electron chi connectivity index (χ1n) is 15.6. The van der Waals surface area contributed by atoms with Gasteiger partial charge in [0.25, 0.3) is 5.91 Å². The van der Waals surface area contributed by atoms with E-state index in [0.717, 1.165) is 0 Å². The van der Waals surface area contributed by atoms with Gasteiger partial charge in [0.15, 0.2) is 6.10 Å². The Morgan fingerprint density at radius 2 is 1.51 bits per heavy atom. The zero-order valence-electron chi connectivity index (χ0n) is 25.8. The van der Waals surface area contributed by atoms with Crippen LogP contribution in [-0.2, 0) is 9.53 Å². The van der Waals surface area contributed by atoms with E-state index in [1.807, 2.05) is 0 Å². The molecule has 3 heterocycles. The topological polar surface area (TPSA) is 172 Å². The fraction of sp³-hybridized carbons (Fsp3) is 0.469. The summed E-state index contributed by atoms with van der Waals surface area (Å²) < 4.78 is 36.2. The summed E-state index contributed by atoms with van der Waals surface area (Å²) in [5, 5.41) is 60.8. The van der Waals surface area contributed by atoms with Crippen molar-refractivity contribution in [3.05, 3.63) is 72.6 Å². The van der Waals surface area contributed by atoms with E-state index >= 15 is 0 Å². The van der Waals surface area contributed by atoms with E-state index in [4.69, 9.17) is 4.74 Å². The number of ether oxygens (including phenoxy) is 1. The van der Waals surface area contributed by atoms with Crippen LogP contribution >= 0.6 is 0 Å². The molecule has 2 fully saturated rings. The Balaban J connectivity index is 1.25. The third-order valence-corrected chi connectivity index (χ3v) is 9.00. The second-order valence-corrected chi connectivity index (χ2v) is 12.3. The number of hydrogen-bond donors (Lipinski definition) is 4. The van der Waals surface area contributed by atoms with Crippen LogP contribution in [0.1, 0.15) is 45.2 Å². The monoisotopic (exact) mass is 653 g/mol. The Labute approximate surface area is 269 Å². The van der Waals surface area contributed by atoms with E-state index in [-0.39, 0.29) is 5.69 Å². The number of aliphatic hydroxyl groups is 4. The van der Waals surface area contributed by atoms with Gasteiger partial charge in [0.05, 0.1) is 37.2 Å². The summed E-state index contributed by atoms with van der Waals surface area (Å²) in [6, 6.07) is 8.68. The molecule has 250 valence electrons. The molecule has 1 saturated carbocycles. The predicted octanol–water partition coefficient (Wildman–Crippen LogP) is 1.90. The summed E-state index contributed by atoms with van der Waals surface area (Å²) in [5.41, 5.74) is 1.65. The third-order valence-electron chi connectivity index (χ3n) is 9.00. The van der Waals surface area contributed by atoms with Gasteiger partial charge in [-0.3, -0.25) is 4.79 Å². The molecular weight excluding hydrogens is 616 g/mol. The lowest BCUT2D eigenvalue weighted by Crippen LogP contribution is -2.64. The molecule has 8 atom stereocenters. The van der Waals surface area contributed by atoms with Crippen molar-refractivity contribution in [3.8, 4) is 22.5 Å². The van der Waals surface area contributed by atoms with Crippen LogP contribution in [0.5, 0.6) is 0 Å². The van der Waals surface area contributed by atoms with Crippen LogP contribution in [0.4, 0.5) is 8.78 Å². The van der Waals surface area contributed by atoms with Gasteiger partial charge in [-0.2, -0.15) is 0 Å². The lowest BCUT2D eigenvalue weighted by molar-refractivity contribution is -0.215. The van der Waals surface area contributed by atoms with Gasteiger partial charge in [-0.05, 0) is 57.4 Å². The van der Waals surface area contributed by atoms with Gasteiger partial charge in [-0.25, -0.2) is 18.1 Å². The second-order valence-electron chi connectivity index (χ2n) is 12.3. The molecule has 4 aromatic rings. The Morgan fingerprint density at radius 3 is 2.09 bits per heavy atom. The highest BCUT2D eigenvalue weighted by atomic mass is 19.1. The van der Waals surface area contributed by atoms with Gasteiger partial charge >= 0.3 is 0 Å². The van der Waals surface area contributed by atoms with Crippen molar-refractivity contribution in [1.29, 1.82) is 0 Å². The standard InChI is InChI=1S/C32H37F2N7O6/c1-17(2)41(25-11-5-10-24(28(25)43)39-14-22(35-37-39)18-6-3-8-20(33)12-18)32(46)31-30(45)27(29(44)26(16-42)47-31)40-15-23(36-38-40)19-7-4-9-21(34)13-19/h3-4,6-9,12-15,17,24-31,42-45H,5,10-11,16H2,1-2H3/t24-,25+,26+,27-,28+,29-,30+,31+/m0/s1. The van der Waals surface area contributed by atoms with Crippen molar-refractivity contribution >= 4 is 5.91 Å². The van der Waals surface area contributed by atoms with Crippen molar-refractivity contribution in [2.24, 2.45) is 0 Å². The van der Waals surface area contributed by atoms with E-state index < -0.39 is 78.8 Å². The fourth-order valence-electron chi connectivity index (χ4n) is 6.71. The number of carbonyl (C=O) groups excluding carboxylic acids is 1. The van der Waals surface area contributed by atoms with E-state index in [2.05, 4.69) is 20.6 Å². The maximum atomic E-state index is 14.3. The summed E-state index contributed by atoms with van der Waals surface area (Å²) in [7, 11) is 0. The van der Waals surface area contributed by atoms with Gasteiger partial charge < -0.3 is 30.1 Å². The average molecular weight is 654 g/mol. The molecule has 1 amide bonds. The fourth-order valence-corrected chi connectivity index (χ4v) is 6.71. The number of rotatable bonds is 8. The van der Waals surface area contributed by atoms with Crippen LogP contribution < -0.4 is 0 Å². The molecule has 2 aliphatic rings. The van der Waals surface area contributed by atoms with Crippen molar-refractivity contribution in [2.45, 2.75) is 87.8 Å².